The van der Waals surface area contributed by atoms with E-state index in [-0.39, 0.29) is 0 Å². The zero-order valence-corrected chi connectivity index (χ0v) is 9.74. The predicted octanol–water partition coefficient (Wildman–Crippen LogP) is 1.60. The summed E-state index contributed by atoms with van der Waals surface area (Å²) in [5.41, 5.74) is 8.13. The second-order valence-corrected chi connectivity index (χ2v) is 4.20. The number of nitrogens with one attached hydrogen (secondary N) is 1. The van der Waals surface area contributed by atoms with Gasteiger partial charge in [0.25, 0.3) is 0 Å². The first kappa shape index (κ1) is 11.2. The molecule has 16 heavy (non-hydrogen) atoms. The van der Waals surface area contributed by atoms with Crippen LogP contribution in [-0.2, 0) is 6.42 Å². The molecule has 0 saturated carbocycles. The van der Waals surface area contributed by atoms with Crippen LogP contribution in [0.2, 0.25) is 0 Å². The Hall–Kier alpha value is -1.32. The smallest absolute Gasteiger partial charge is 0.0456 e. The molecule has 0 unspecified atom stereocenters. The number of likely N-dealkylation sites (N-methyl/N-ethyl adjacent to an activating group) is 1. The van der Waals surface area contributed by atoms with Crippen LogP contribution in [0.5, 0.6) is 0 Å². The number of nitrogens with zero attached hydrogens (tertiary/aromatic N) is 1. The quantitative estimate of drug-likeness (QED) is 0.799. The first-order valence-electron chi connectivity index (χ1n) is 5.75. The number of nitrogens with two attached hydrogens (primary N) is 1. The summed E-state index contributed by atoms with van der Waals surface area (Å²) in [6, 6.07) is 8.43. The maximum absolute atomic E-state index is 5.52. The van der Waals surface area contributed by atoms with Crippen LogP contribution < -0.4 is 5.73 Å². The first-order valence-corrected chi connectivity index (χ1v) is 5.75. The summed E-state index contributed by atoms with van der Waals surface area (Å²) in [6.07, 6.45) is 3.18. The topological polar surface area (TPSA) is 45.0 Å². The van der Waals surface area contributed by atoms with Gasteiger partial charge in [0.15, 0.2) is 0 Å². The van der Waals surface area contributed by atoms with Crippen molar-refractivity contribution in [2.24, 2.45) is 5.73 Å². The maximum Gasteiger partial charge on any atom is 0.0456 e. The Kier molecular flexibility index (Phi) is 3.59. The molecule has 0 fully saturated rings. The first-order chi connectivity index (χ1) is 7.81. The highest BCUT2D eigenvalue weighted by atomic mass is 15.1. The van der Waals surface area contributed by atoms with Crippen molar-refractivity contribution in [2.45, 2.75) is 6.42 Å². The van der Waals surface area contributed by atoms with Gasteiger partial charge in [0, 0.05) is 36.7 Å². The van der Waals surface area contributed by atoms with Crippen molar-refractivity contribution in [1.82, 2.24) is 9.88 Å². The largest absolute Gasteiger partial charge is 0.361 e. The molecule has 0 amide bonds. The summed E-state index contributed by atoms with van der Waals surface area (Å²) in [5.74, 6) is 0. The molecule has 0 bridgehead atoms. The van der Waals surface area contributed by atoms with E-state index < -0.39 is 0 Å². The standard InChI is InChI=1S/C13H19N3/c1-16(9-7-14)8-6-11-10-15-13-5-3-2-4-12(11)13/h2-5,10,15H,6-9,14H2,1H3. The molecule has 3 heteroatoms. The minimum atomic E-state index is 0.727. The fourth-order valence-corrected chi connectivity index (χ4v) is 1.98. The second-order valence-electron chi connectivity index (χ2n) is 4.20. The van der Waals surface area contributed by atoms with E-state index in [4.69, 9.17) is 5.73 Å². The zero-order chi connectivity index (χ0) is 11.4. The highest BCUT2D eigenvalue weighted by Gasteiger charge is 2.03. The van der Waals surface area contributed by atoms with Gasteiger partial charge >= 0.3 is 0 Å². The molecule has 0 radical (unpaired) electrons. The van der Waals surface area contributed by atoms with Gasteiger partial charge in [-0.2, -0.15) is 0 Å². The van der Waals surface area contributed by atoms with Crippen molar-refractivity contribution in [3.63, 3.8) is 0 Å². The fraction of sp³-hybridized carbons (Fsp3) is 0.385. The number of benzene rings is 1. The number of hydrogen-bond acceptors (Lipinski definition) is 2. The monoisotopic (exact) mass is 217 g/mol. The van der Waals surface area contributed by atoms with Gasteiger partial charge in [0.1, 0.15) is 0 Å². The van der Waals surface area contributed by atoms with Gasteiger partial charge in [-0.15, -0.1) is 0 Å². The molecule has 2 aromatic rings. The second kappa shape index (κ2) is 5.14. The number of para-hydroxylation sites is 1. The molecule has 0 spiro atoms. The van der Waals surface area contributed by atoms with Crippen LogP contribution in [0.4, 0.5) is 0 Å². The van der Waals surface area contributed by atoms with Crippen LogP contribution in [0.3, 0.4) is 0 Å². The Morgan fingerprint density at radius 3 is 2.88 bits per heavy atom. The van der Waals surface area contributed by atoms with E-state index in [0.717, 1.165) is 26.1 Å². The molecule has 0 aliphatic rings. The Balaban J connectivity index is 2.04. The Morgan fingerprint density at radius 1 is 1.25 bits per heavy atom. The van der Waals surface area contributed by atoms with E-state index in [2.05, 4.69) is 47.4 Å². The minimum Gasteiger partial charge on any atom is -0.361 e. The molecule has 1 heterocycles. The molecule has 3 N–H and O–H groups in total. The number of aromatic amines is 1. The van der Waals surface area contributed by atoms with E-state index >= 15 is 0 Å². The predicted molar refractivity (Wildman–Crippen MR) is 68.6 cm³/mol. The molecule has 1 aromatic carbocycles. The van der Waals surface area contributed by atoms with Crippen molar-refractivity contribution in [2.75, 3.05) is 26.7 Å². The van der Waals surface area contributed by atoms with Gasteiger partial charge in [0.05, 0.1) is 0 Å². The van der Waals surface area contributed by atoms with Crippen LogP contribution >= 0.6 is 0 Å². The van der Waals surface area contributed by atoms with Crippen LogP contribution in [0.15, 0.2) is 30.5 Å². The number of aromatic nitrogens is 1. The Morgan fingerprint density at radius 2 is 2.06 bits per heavy atom. The van der Waals surface area contributed by atoms with E-state index in [1.807, 2.05) is 0 Å². The van der Waals surface area contributed by atoms with Crippen molar-refractivity contribution in [1.29, 1.82) is 0 Å². The van der Waals surface area contributed by atoms with Gasteiger partial charge < -0.3 is 15.6 Å². The average Bonchev–Trinajstić information content (AvgIpc) is 2.70. The number of rotatable bonds is 5. The average molecular weight is 217 g/mol. The molecule has 0 atom stereocenters. The van der Waals surface area contributed by atoms with Crippen molar-refractivity contribution in [3.8, 4) is 0 Å². The molecule has 0 aliphatic carbocycles. The third kappa shape index (κ3) is 2.43. The van der Waals surface area contributed by atoms with Crippen LogP contribution in [-0.4, -0.2) is 36.6 Å². The maximum atomic E-state index is 5.52. The lowest BCUT2D eigenvalue weighted by Gasteiger charge is -2.14. The summed E-state index contributed by atoms with van der Waals surface area (Å²) in [7, 11) is 2.11. The highest BCUT2D eigenvalue weighted by molar-refractivity contribution is 5.83. The lowest BCUT2D eigenvalue weighted by molar-refractivity contribution is 0.348. The lowest BCUT2D eigenvalue weighted by atomic mass is 10.1. The minimum absolute atomic E-state index is 0.727. The van der Waals surface area contributed by atoms with Crippen LogP contribution in [0.1, 0.15) is 5.56 Å². The summed E-state index contributed by atoms with van der Waals surface area (Å²) < 4.78 is 0. The number of fused-ring (bicyclic) bond motifs is 1. The van der Waals surface area contributed by atoms with Crippen molar-refractivity contribution in [3.05, 3.63) is 36.0 Å². The van der Waals surface area contributed by atoms with E-state index in [1.54, 1.807) is 0 Å². The SMILES string of the molecule is CN(CCN)CCc1c[nH]c2ccccc12. The molecular weight excluding hydrogens is 198 g/mol. The molecule has 1 aromatic heterocycles. The van der Waals surface area contributed by atoms with E-state index in [1.165, 1.54) is 16.5 Å². The van der Waals surface area contributed by atoms with Crippen molar-refractivity contribution >= 4 is 10.9 Å². The van der Waals surface area contributed by atoms with Gasteiger partial charge in [-0.1, -0.05) is 18.2 Å². The zero-order valence-electron chi connectivity index (χ0n) is 9.74. The summed E-state index contributed by atoms with van der Waals surface area (Å²) in [6.45, 7) is 2.74. The number of H-pyrrole nitrogens is 1. The van der Waals surface area contributed by atoms with Crippen LogP contribution in [0.25, 0.3) is 10.9 Å². The summed E-state index contributed by atoms with van der Waals surface area (Å²) >= 11 is 0. The molecule has 86 valence electrons. The molecule has 0 saturated heterocycles. The summed E-state index contributed by atoms with van der Waals surface area (Å²) in [5, 5.41) is 1.34. The molecule has 0 aliphatic heterocycles. The van der Waals surface area contributed by atoms with E-state index in [9.17, 15) is 0 Å². The van der Waals surface area contributed by atoms with E-state index in [0.29, 0.717) is 0 Å². The normalized spacial score (nSPS) is 11.4. The highest BCUT2D eigenvalue weighted by Crippen LogP contribution is 2.17. The van der Waals surface area contributed by atoms with Crippen molar-refractivity contribution < 1.29 is 0 Å². The molecule has 2 rings (SSSR count). The van der Waals surface area contributed by atoms with Gasteiger partial charge in [-0.3, -0.25) is 0 Å². The van der Waals surface area contributed by atoms with Gasteiger partial charge in [-0.05, 0) is 25.1 Å². The number of hydrogen-bond donors (Lipinski definition) is 2. The van der Waals surface area contributed by atoms with Crippen LogP contribution in [0, 0.1) is 0 Å². The molecule has 3 nitrogen and oxygen atoms in total. The Bertz CT molecular complexity index is 447. The third-order valence-corrected chi connectivity index (χ3v) is 2.95. The lowest BCUT2D eigenvalue weighted by Crippen LogP contribution is -2.27. The molecular formula is C13H19N3. The third-order valence-electron chi connectivity index (χ3n) is 2.95. The fourth-order valence-electron chi connectivity index (χ4n) is 1.98. The van der Waals surface area contributed by atoms with Gasteiger partial charge in [0.2, 0.25) is 0 Å². The summed E-state index contributed by atoms with van der Waals surface area (Å²) in [4.78, 5) is 5.57. The van der Waals surface area contributed by atoms with Gasteiger partial charge in [-0.25, -0.2) is 0 Å². The Labute approximate surface area is 96.2 Å².